The van der Waals surface area contributed by atoms with Crippen molar-refractivity contribution < 1.29 is 14.3 Å². The van der Waals surface area contributed by atoms with E-state index in [2.05, 4.69) is 34.2 Å². The molecule has 1 fully saturated rings. The molecule has 1 aliphatic heterocycles. The van der Waals surface area contributed by atoms with E-state index in [0.29, 0.717) is 5.75 Å². The predicted molar refractivity (Wildman–Crippen MR) is 101 cm³/mol. The van der Waals surface area contributed by atoms with E-state index >= 15 is 0 Å². The van der Waals surface area contributed by atoms with Crippen LogP contribution < -0.4 is 4.74 Å². The number of fused-ring (bicyclic) bond motifs is 2. The number of likely N-dealkylation sites (tertiary alicyclic amines) is 1. The Balaban J connectivity index is 1.50. The van der Waals surface area contributed by atoms with Crippen LogP contribution in [0, 0.1) is 0 Å². The van der Waals surface area contributed by atoms with Gasteiger partial charge in [-0.25, -0.2) is 9.97 Å². The molecular weight excluding hydrogens is 342 g/mol. The van der Waals surface area contributed by atoms with Crippen LogP contribution in [-0.2, 0) is 10.2 Å². The molecule has 1 spiro atoms. The molecule has 2 aliphatic rings. The van der Waals surface area contributed by atoms with Crippen molar-refractivity contribution in [2.24, 2.45) is 0 Å². The first kappa shape index (κ1) is 17.9. The lowest BCUT2D eigenvalue weighted by Gasteiger charge is -2.46. The Morgan fingerprint density at radius 1 is 1.11 bits per heavy atom. The molecule has 2 heterocycles. The van der Waals surface area contributed by atoms with Crippen molar-refractivity contribution in [3.05, 3.63) is 53.6 Å². The molecule has 0 N–H and O–H groups in total. The third-order valence-corrected chi connectivity index (χ3v) is 6.11. The van der Waals surface area contributed by atoms with E-state index in [1.165, 1.54) is 23.5 Å². The monoisotopic (exact) mass is 367 g/mol. The first-order valence-corrected chi connectivity index (χ1v) is 9.44. The summed E-state index contributed by atoms with van der Waals surface area (Å²) in [6.45, 7) is 1.44. The van der Waals surface area contributed by atoms with Crippen LogP contribution in [0.4, 0.5) is 0 Å². The number of nitrogens with zero attached hydrogens (tertiary/aromatic N) is 3. The molecule has 1 atom stereocenters. The highest BCUT2D eigenvalue weighted by molar-refractivity contribution is 5.90. The minimum Gasteiger partial charge on any atom is -0.494 e. The molecular formula is C21H25N3O3. The topological polar surface area (TPSA) is 64.5 Å². The molecule has 142 valence electrons. The van der Waals surface area contributed by atoms with Gasteiger partial charge in [0.15, 0.2) is 5.75 Å². The Morgan fingerprint density at radius 2 is 1.81 bits per heavy atom. The van der Waals surface area contributed by atoms with Crippen molar-refractivity contribution in [1.82, 2.24) is 14.9 Å². The third-order valence-electron chi connectivity index (χ3n) is 6.11. The molecule has 2 aromatic rings. The fourth-order valence-electron chi connectivity index (χ4n) is 4.53. The van der Waals surface area contributed by atoms with Gasteiger partial charge in [0.05, 0.1) is 25.6 Å². The summed E-state index contributed by atoms with van der Waals surface area (Å²) < 4.78 is 10.8. The fraction of sp³-hybridized carbons (Fsp3) is 0.476. The van der Waals surface area contributed by atoms with Gasteiger partial charge in [-0.3, -0.25) is 4.79 Å². The molecule has 0 bridgehead atoms. The van der Waals surface area contributed by atoms with E-state index < -0.39 is 0 Å². The lowest BCUT2D eigenvalue weighted by molar-refractivity contribution is 0.0495. The second-order valence-electron chi connectivity index (χ2n) is 7.37. The molecule has 1 unspecified atom stereocenters. The number of rotatable bonds is 3. The Morgan fingerprint density at radius 3 is 2.48 bits per heavy atom. The summed E-state index contributed by atoms with van der Waals surface area (Å²) in [6.07, 6.45) is 7.30. The molecule has 1 aromatic heterocycles. The fourth-order valence-corrected chi connectivity index (χ4v) is 4.53. The highest BCUT2D eigenvalue weighted by atomic mass is 16.5. The number of carbonyl (C=O) groups is 1. The minimum absolute atomic E-state index is 0.105. The van der Waals surface area contributed by atoms with E-state index in [1.807, 2.05) is 4.90 Å². The third kappa shape index (κ3) is 3.18. The standard InChI is InChI=1S/C21H25N3O3/c1-26-15-13-22-19(23-14-15)20(25)24-11-9-21(10-12-24)8-7-18(27-2)16-5-3-4-6-17(16)21/h3-6,13-14,18H,7-12H2,1-2H3. The molecule has 0 radical (unpaired) electrons. The van der Waals surface area contributed by atoms with Crippen LogP contribution >= 0.6 is 0 Å². The number of piperidine rings is 1. The normalized spacial score (nSPS) is 21.0. The van der Waals surface area contributed by atoms with Gasteiger partial charge >= 0.3 is 0 Å². The summed E-state index contributed by atoms with van der Waals surface area (Å²) >= 11 is 0. The van der Waals surface area contributed by atoms with Gasteiger partial charge in [0.2, 0.25) is 5.82 Å². The number of amides is 1. The van der Waals surface area contributed by atoms with Crippen LogP contribution in [0.2, 0.25) is 0 Å². The molecule has 4 rings (SSSR count). The van der Waals surface area contributed by atoms with Crippen molar-refractivity contribution in [2.75, 3.05) is 27.3 Å². The van der Waals surface area contributed by atoms with Gasteiger partial charge in [-0.2, -0.15) is 0 Å². The average Bonchev–Trinajstić information content (AvgIpc) is 2.74. The lowest BCUT2D eigenvalue weighted by Crippen LogP contribution is -2.47. The number of benzene rings is 1. The Kier molecular flexibility index (Phi) is 4.83. The van der Waals surface area contributed by atoms with Gasteiger partial charge in [0.1, 0.15) is 0 Å². The first-order valence-electron chi connectivity index (χ1n) is 9.44. The molecule has 0 saturated carbocycles. The van der Waals surface area contributed by atoms with E-state index in [1.54, 1.807) is 14.2 Å². The van der Waals surface area contributed by atoms with Crippen LogP contribution in [0.1, 0.15) is 53.5 Å². The summed E-state index contributed by atoms with van der Waals surface area (Å²) in [7, 11) is 3.34. The van der Waals surface area contributed by atoms with Crippen LogP contribution in [0.15, 0.2) is 36.7 Å². The van der Waals surface area contributed by atoms with E-state index in [-0.39, 0.29) is 23.3 Å². The quantitative estimate of drug-likeness (QED) is 0.834. The van der Waals surface area contributed by atoms with Crippen molar-refractivity contribution in [2.45, 2.75) is 37.2 Å². The highest BCUT2D eigenvalue weighted by Gasteiger charge is 2.42. The molecule has 1 saturated heterocycles. The highest BCUT2D eigenvalue weighted by Crippen LogP contribution is 2.48. The maximum atomic E-state index is 12.8. The molecule has 1 aromatic carbocycles. The largest absolute Gasteiger partial charge is 0.494 e. The zero-order chi connectivity index (χ0) is 18.9. The van der Waals surface area contributed by atoms with Gasteiger partial charge in [0.25, 0.3) is 5.91 Å². The van der Waals surface area contributed by atoms with Crippen molar-refractivity contribution in [3.8, 4) is 5.75 Å². The van der Waals surface area contributed by atoms with Gasteiger partial charge in [0, 0.05) is 20.2 Å². The Bertz CT molecular complexity index is 814. The summed E-state index contributed by atoms with van der Waals surface area (Å²) in [5.41, 5.74) is 2.85. The Labute approximate surface area is 159 Å². The summed E-state index contributed by atoms with van der Waals surface area (Å²) in [6, 6.07) is 8.63. The smallest absolute Gasteiger partial charge is 0.291 e. The van der Waals surface area contributed by atoms with Crippen LogP contribution in [0.25, 0.3) is 0 Å². The number of methoxy groups -OCH3 is 2. The molecule has 6 heteroatoms. The number of ether oxygens (including phenoxy) is 2. The van der Waals surface area contributed by atoms with Crippen LogP contribution in [-0.4, -0.2) is 48.1 Å². The van der Waals surface area contributed by atoms with E-state index in [0.717, 1.165) is 38.8 Å². The van der Waals surface area contributed by atoms with Crippen molar-refractivity contribution >= 4 is 5.91 Å². The first-order chi connectivity index (χ1) is 13.2. The zero-order valence-electron chi connectivity index (χ0n) is 15.9. The summed E-state index contributed by atoms with van der Waals surface area (Å²) in [5.74, 6) is 0.678. The molecule has 6 nitrogen and oxygen atoms in total. The van der Waals surface area contributed by atoms with Crippen molar-refractivity contribution in [3.63, 3.8) is 0 Å². The van der Waals surface area contributed by atoms with Gasteiger partial charge in [-0.05, 0) is 42.2 Å². The number of carbonyl (C=O) groups excluding carboxylic acids is 1. The Hall–Kier alpha value is -2.47. The van der Waals surface area contributed by atoms with Crippen LogP contribution in [0.3, 0.4) is 0 Å². The van der Waals surface area contributed by atoms with E-state index in [4.69, 9.17) is 9.47 Å². The zero-order valence-corrected chi connectivity index (χ0v) is 15.9. The van der Waals surface area contributed by atoms with Gasteiger partial charge in [-0.15, -0.1) is 0 Å². The molecule has 1 amide bonds. The SMILES string of the molecule is COc1cnc(C(=O)N2CCC3(CCC(OC)c4ccccc43)CC2)nc1. The van der Waals surface area contributed by atoms with Crippen molar-refractivity contribution in [1.29, 1.82) is 0 Å². The number of hydrogen-bond acceptors (Lipinski definition) is 5. The van der Waals surface area contributed by atoms with Crippen LogP contribution in [0.5, 0.6) is 5.75 Å². The average molecular weight is 367 g/mol. The number of aromatic nitrogens is 2. The summed E-state index contributed by atoms with van der Waals surface area (Å²) in [5, 5.41) is 0. The second-order valence-corrected chi connectivity index (χ2v) is 7.37. The van der Waals surface area contributed by atoms with Gasteiger partial charge < -0.3 is 14.4 Å². The maximum Gasteiger partial charge on any atom is 0.291 e. The molecule has 1 aliphatic carbocycles. The second kappa shape index (κ2) is 7.27. The lowest BCUT2D eigenvalue weighted by atomic mass is 9.64. The number of hydrogen-bond donors (Lipinski definition) is 0. The summed E-state index contributed by atoms with van der Waals surface area (Å²) in [4.78, 5) is 22.9. The minimum atomic E-state index is -0.105. The van der Waals surface area contributed by atoms with Gasteiger partial charge in [-0.1, -0.05) is 24.3 Å². The molecule has 27 heavy (non-hydrogen) atoms. The maximum absolute atomic E-state index is 12.8. The van der Waals surface area contributed by atoms with E-state index in [9.17, 15) is 4.79 Å². The predicted octanol–water partition coefficient (Wildman–Crippen LogP) is 3.14.